The standard InChI is InChI=1S/C18H26N4O3.ClH/c23-7-1-6-22-9-14(11-2-3-11)15(10-22)20-17(24)13-8-19-16(12-4-5-12)21-18(13)25;/h8,11-12,14-15,23H,1-7,9-10H2,(H,20,24)(H,19,21,25);1H/t14-,15+;/m1./s1. The number of carbonyl (C=O) groups excluding carboxylic acids is 1. The lowest BCUT2D eigenvalue weighted by Crippen LogP contribution is -2.43. The second kappa shape index (κ2) is 8.06. The summed E-state index contributed by atoms with van der Waals surface area (Å²) in [6.45, 7) is 2.80. The number of hydrogen-bond donors (Lipinski definition) is 3. The van der Waals surface area contributed by atoms with Crippen LogP contribution in [0.5, 0.6) is 0 Å². The fourth-order valence-corrected chi connectivity index (χ4v) is 3.93. The van der Waals surface area contributed by atoms with Crippen LogP contribution in [0, 0.1) is 11.8 Å². The summed E-state index contributed by atoms with van der Waals surface area (Å²) < 4.78 is 0. The number of aromatic nitrogens is 2. The first-order valence-corrected chi connectivity index (χ1v) is 9.39. The molecule has 1 amide bonds. The molecule has 26 heavy (non-hydrogen) atoms. The minimum absolute atomic E-state index is 0. The molecule has 0 bridgehead atoms. The first-order chi connectivity index (χ1) is 12.2. The highest BCUT2D eigenvalue weighted by Crippen LogP contribution is 2.41. The van der Waals surface area contributed by atoms with E-state index in [0.29, 0.717) is 23.6 Å². The summed E-state index contributed by atoms with van der Waals surface area (Å²) in [4.78, 5) is 34.2. The molecule has 144 valence electrons. The van der Waals surface area contributed by atoms with Crippen molar-refractivity contribution in [3.8, 4) is 0 Å². The van der Waals surface area contributed by atoms with E-state index in [1.807, 2.05) is 0 Å². The van der Waals surface area contributed by atoms with Gasteiger partial charge in [0.25, 0.3) is 11.5 Å². The Labute approximate surface area is 159 Å². The van der Waals surface area contributed by atoms with Gasteiger partial charge in [0.05, 0.1) is 0 Å². The number of halogens is 1. The number of carbonyl (C=O) groups is 1. The second-order valence-corrected chi connectivity index (χ2v) is 7.70. The van der Waals surface area contributed by atoms with Crippen LogP contribution in [-0.4, -0.2) is 58.2 Å². The molecule has 3 N–H and O–H groups in total. The van der Waals surface area contributed by atoms with Crippen molar-refractivity contribution in [2.75, 3.05) is 26.2 Å². The lowest BCUT2D eigenvalue weighted by atomic mass is 9.98. The number of nitrogens with one attached hydrogen (secondary N) is 2. The predicted molar refractivity (Wildman–Crippen MR) is 99.7 cm³/mol. The SMILES string of the molecule is Cl.O=C(N[C@H]1CN(CCCO)C[C@@H]1C1CC1)c1cnc(C2CC2)[nH]c1=O. The Bertz CT molecular complexity index is 702. The number of aromatic amines is 1. The molecule has 1 aliphatic heterocycles. The maximum atomic E-state index is 12.6. The van der Waals surface area contributed by atoms with E-state index in [0.717, 1.165) is 38.9 Å². The van der Waals surface area contributed by atoms with E-state index in [1.165, 1.54) is 19.0 Å². The summed E-state index contributed by atoms with van der Waals surface area (Å²) in [6, 6.07) is 0.0706. The highest BCUT2D eigenvalue weighted by atomic mass is 35.5. The monoisotopic (exact) mass is 382 g/mol. The maximum Gasteiger partial charge on any atom is 0.263 e. The molecule has 0 unspecified atom stereocenters. The Morgan fingerprint density at radius 2 is 2.08 bits per heavy atom. The highest BCUT2D eigenvalue weighted by Gasteiger charge is 2.43. The van der Waals surface area contributed by atoms with Crippen molar-refractivity contribution in [3.05, 3.63) is 27.9 Å². The summed E-state index contributed by atoms with van der Waals surface area (Å²) in [5.74, 6) is 1.86. The molecule has 8 heteroatoms. The Morgan fingerprint density at radius 3 is 2.69 bits per heavy atom. The number of aliphatic hydroxyl groups excluding tert-OH is 1. The van der Waals surface area contributed by atoms with Gasteiger partial charge in [0, 0.05) is 44.4 Å². The Morgan fingerprint density at radius 1 is 1.31 bits per heavy atom. The van der Waals surface area contributed by atoms with Crippen molar-refractivity contribution in [3.63, 3.8) is 0 Å². The van der Waals surface area contributed by atoms with Crippen LogP contribution in [0.1, 0.15) is 54.2 Å². The zero-order valence-electron chi connectivity index (χ0n) is 14.8. The van der Waals surface area contributed by atoms with Gasteiger partial charge in [-0.2, -0.15) is 0 Å². The number of amides is 1. The van der Waals surface area contributed by atoms with Crippen LogP contribution >= 0.6 is 12.4 Å². The van der Waals surface area contributed by atoms with Crippen LogP contribution < -0.4 is 10.9 Å². The molecule has 2 aliphatic carbocycles. The van der Waals surface area contributed by atoms with Crippen LogP contribution in [0.4, 0.5) is 0 Å². The highest BCUT2D eigenvalue weighted by molar-refractivity contribution is 5.93. The number of likely N-dealkylation sites (tertiary alicyclic amines) is 1. The van der Waals surface area contributed by atoms with Gasteiger partial charge >= 0.3 is 0 Å². The number of H-pyrrole nitrogens is 1. The topological polar surface area (TPSA) is 98.3 Å². The first-order valence-electron chi connectivity index (χ1n) is 9.39. The van der Waals surface area contributed by atoms with Crippen molar-refractivity contribution >= 4 is 18.3 Å². The van der Waals surface area contributed by atoms with Crippen molar-refractivity contribution < 1.29 is 9.90 Å². The molecule has 1 aromatic rings. The molecular formula is C18H27ClN4O3. The van der Waals surface area contributed by atoms with Gasteiger partial charge in [-0.3, -0.25) is 9.59 Å². The number of nitrogens with zero attached hydrogens (tertiary/aromatic N) is 2. The molecule has 2 heterocycles. The quantitative estimate of drug-likeness (QED) is 0.650. The summed E-state index contributed by atoms with van der Waals surface area (Å²) in [5.41, 5.74) is -0.236. The summed E-state index contributed by atoms with van der Waals surface area (Å²) in [6.07, 6.45) is 6.75. The molecule has 7 nitrogen and oxygen atoms in total. The summed E-state index contributed by atoms with van der Waals surface area (Å²) >= 11 is 0. The summed E-state index contributed by atoms with van der Waals surface area (Å²) in [5, 5.41) is 12.1. The van der Waals surface area contributed by atoms with Gasteiger partial charge in [0.2, 0.25) is 0 Å². The molecule has 2 atom stereocenters. The van der Waals surface area contributed by atoms with E-state index in [-0.39, 0.29) is 42.1 Å². The fraction of sp³-hybridized carbons (Fsp3) is 0.722. The van der Waals surface area contributed by atoms with Crippen LogP contribution in [-0.2, 0) is 0 Å². The van der Waals surface area contributed by atoms with Gasteiger partial charge in [-0.15, -0.1) is 12.4 Å². The molecule has 1 saturated heterocycles. The molecule has 0 spiro atoms. The van der Waals surface area contributed by atoms with E-state index in [1.54, 1.807) is 0 Å². The predicted octanol–water partition coefficient (Wildman–Crippen LogP) is 0.892. The average Bonchev–Trinajstić information content (AvgIpc) is 3.51. The Kier molecular flexibility index (Phi) is 5.99. The van der Waals surface area contributed by atoms with E-state index in [2.05, 4.69) is 20.2 Å². The zero-order chi connectivity index (χ0) is 17.4. The van der Waals surface area contributed by atoms with Gasteiger partial charge in [-0.25, -0.2) is 4.98 Å². The second-order valence-electron chi connectivity index (χ2n) is 7.70. The average molecular weight is 383 g/mol. The van der Waals surface area contributed by atoms with Crippen molar-refractivity contribution in [1.29, 1.82) is 0 Å². The fourth-order valence-electron chi connectivity index (χ4n) is 3.93. The van der Waals surface area contributed by atoms with Crippen molar-refractivity contribution in [2.24, 2.45) is 11.8 Å². The van der Waals surface area contributed by atoms with Crippen molar-refractivity contribution in [2.45, 2.75) is 44.1 Å². The van der Waals surface area contributed by atoms with Gasteiger partial charge in [-0.1, -0.05) is 0 Å². The van der Waals surface area contributed by atoms with Gasteiger partial charge < -0.3 is 20.3 Å². The van der Waals surface area contributed by atoms with E-state index < -0.39 is 0 Å². The minimum Gasteiger partial charge on any atom is -0.396 e. The van der Waals surface area contributed by atoms with E-state index in [4.69, 9.17) is 5.11 Å². The van der Waals surface area contributed by atoms with Crippen molar-refractivity contribution in [1.82, 2.24) is 20.2 Å². The van der Waals surface area contributed by atoms with Crippen LogP contribution in [0.2, 0.25) is 0 Å². The zero-order valence-corrected chi connectivity index (χ0v) is 15.6. The van der Waals surface area contributed by atoms with Crippen LogP contribution in [0.15, 0.2) is 11.0 Å². The molecule has 0 aromatic carbocycles. The Hall–Kier alpha value is -1.44. The molecule has 0 radical (unpaired) electrons. The van der Waals surface area contributed by atoms with Crippen LogP contribution in [0.3, 0.4) is 0 Å². The molecule has 3 aliphatic rings. The van der Waals surface area contributed by atoms with Gasteiger partial charge in [-0.05, 0) is 43.9 Å². The molecule has 3 fully saturated rings. The molecule has 2 saturated carbocycles. The molecule has 1 aromatic heterocycles. The third kappa shape index (κ3) is 4.27. The van der Waals surface area contributed by atoms with Crippen LogP contribution in [0.25, 0.3) is 0 Å². The minimum atomic E-state index is -0.340. The van der Waals surface area contributed by atoms with E-state index >= 15 is 0 Å². The first kappa shape index (κ1) is 19.3. The molecular weight excluding hydrogens is 356 g/mol. The third-order valence-corrected chi connectivity index (χ3v) is 5.64. The lowest BCUT2D eigenvalue weighted by Gasteiger charge is -2.19. The number of hydrogen-bond acceptors (Lipinski definition) is 5. The number of rotatable bonds is 7. The summed E-state index contributed by atoms with van der Waals surface area (Å²) in [7, 11) is 0. The Balaban J connectivity index is 0.00000196. The maximum absolute atomic E-state index is 12.6. The van der Waals surface area contributed by atoms with Gasteiger partial charge in [0.15, 0.2) is 0 Å². The normalized spacial score (nSPS) is 25.7. The van der Waals surface area contributed by atoms with E-state index in [9.17, 15) is 9.59 Å². The number of aliphatic hydroxyl groups is 1. The van der Waals surface area contributed by atoms with Gasteiger partial charge in [0.1, 0.15) is 11.4 Å². The molecule has 4 rings (SSSR count). The third-order valence-electron chi connectivity index (χ3n) is 5.64. The smallest absolute Gasteiger partial charge is 0.263 e. The largest absolute Gasteiger partial charge is 0.396 e. The lowest BCUT2D eigenvalue weighted by molar-refractivity contribution is 0.0925.